The Hall–Kier alpha value is -2.07. The molecule has 4 nitrogen and oxygen atoms in total. The van der Waals surface area contributed by atoms with Crippen molar-refractivity contribution in [2.45, 2.75) is 26.2 Å². The fourth-order valence-corrected chi connectivity index (χ4v) is 3.25. The van der Waals surface area contributed by atoms with E-state index in [-0.39, 0.29) is 6.03 Å². The van der Waals surface area contributed by atoms with E-state index in [9.17, 15) is 4.79 Å². The predicted molar refractivity (Wildman–Crippen MR) is 97.4 cm³/mol. The van der Waals surface area contributed by atoms with Crippen LogP contribution in [0.5, 0.6) is 0 Å². The average molecular weight is 344 g/mol. The number of nitrogens with one attached hydrogen (secondary N) is 1. The highest BCUT2D eigenvalue weighted by molar-refractivity contribution is 6.31. The van der Waals surface area contributed by atoms with E-state index in [0.717, 1.165) is 43.6 Å². The number of piperidine rings is 1. The van der Waals surface area contributed by atoms with Crippen molar-refractivity contribution in [1.82, 2.24) is 9.88 Å². The van der Waals surface area contributed by atoms with Gasteiger partial charge in [-0.05, 0) is 61.4 Å². The number of anilines is 1. The number of pyridine rings is 1. The summed E-state index contributed by atoms with van der Waals surface area (Å²) in [6.45, 7) is 3.52. The molecular formula is C19H22ClN3O. The van der Waals surface area contributed by atoms with E-state index in [1.807, 2.05) is 36.2 Å². The molecule has 0 spiro atoms. The van der Waals surface area contributed by atoms with E-state index in [1.54, 1.807) is 12.3 Å². The minimum Gasteiger partial charge on any atom is -0.325 e. The molecule has 1 aromatic carbocycles. The second kappa shape index (κ2) is 7.67. The summed E-state index contributed by atoms with van der Waals surface area (Å²) in [5.74, 6) is 0.618. The van der Waals surface area contributed by atoms with E-state index >= 15 is 0 Å². The molecule has 1 aliphatic heterocycles. The first-order valence-corrected chi connectivity index (χ1v) is 8.70. The molecule has 0 unspecified atom stereocenters. The van der Waals surface area contributed by atoms with Crippen LogP contribution in [-0.4, -0.2) is 29.0 Å². The van der Waals surface area contributed by atoms with Crippen LogP contribution in [0.25, 0.3) is 0 Å². The van der Waals surface area contributed by atoms with Crippen LogP contribution in [0.3, 0.4) is 0 Å². The minimum atomic E-state index is -0.0465. The van der Waals surface area contributed by atoms with Gasteiger partial charge in [-0.2, -0.15) is 0 Å². The third-order valence-corrected chi connectivity index (χ3v) is 4.98. The van der Waals surface area contributed by atoms with Crippen molar-refractivity contribution >= 4 is 23.3 Å². The Morgan fingerprint density at radius 2 is 2.12 bits per heavy atom. The smallest absolute Gasteiger partial charge is 0.321 e. The Morgan fingerprint density at radius 1 is 1.33 bits per heavy atom. The largest absolute Gasteiger partial charge is 0.325 e. The fraction of sp³-hybridized carbons (Fsp3) is 0.368. The molecule has 2 heterocycles. The van der Waals surface area contributed by atoms with Crippen LogP contribution in [0.4, 0.5) is 10.5 Å². The first kappa shape index (κ1) is 16.8. The molecule has 0 saturated carbocycles. The Bertz CT molecular complexity index is 697. The van der Waals surface area contributed by atoms with Crippen LogP contribution in [-0.2, 0) is 6.42 Å². The lowest BCUT2D eigenvalue weighted by Gasteiger charge is -2.32. The number of urea groups is 1. The number of aromatic nitrogens is 1. The van der Waals surface area contributed by atoms with Crippen LogP contribution in [0, 0.1) is 12.8 Å². The first-order chi connectivity index (χ1) is 11.6. The fourth-order valence-electron chi connectivity index (χ4n) is 3.07. The number of halogens is 1. The number of hydrogen-bond donors (Lipinski definition) is 1. The molecule has 2 amide bonds. The van der Waals surface area contributed by atoms with Gasteiger partial charge in [-0.15, -0.1) is 0 Å². The number of rotatable bonds is 3. The zero-order valence-corrected chi connectivity index (χ0v) is 14.6. The average Bonchev–Trinajstić information content (AvgIpc) is 2.60. The molecule has 5 heteroatoms. The van der Waals surface area contributed by atoms with Crippen LogP contribution in [0.2, 0.25) is 5.02 Å². The van der Waals surface area contributed by atoms with Gasteiger partial charge in [-0.1, -0.05) is 23.7 Å². The van der Waals surface area contributed by atoms with Crippen LogP contribution in [0.15, 0.2) is 42.7 Å². The number of hydrogen-bond acceptors (Lipinski definition) is 2. The van der Waals surface area contributed by atoms with Gasteiger partial charge >= 0.3 is 6.03 Å². The zero-order valence-electron chi connectivity index (χ0n) is 13.8. The number of benzene rings is 1. The van der Waals surface area contributed by atoms with Crippen molar-refractivity contribution in [3.05, 3.63) is 58.9 Å². The zero-order chi connectivity index (χ0) is 16.9. The second-order valence-corrected chi connectivity index (χ2v) is 6.80. The summed E-state index contributed by atoms with van der Waals surface area (Å²) in [6, 6.07) is 9.64. The van der Waals surface area contributed by atoms with Crippen molar-refractivity contribution in [3.8, 4) is 0 Å². The summed E-state index contributed by atoms with van der Waals surface area (Å²) >= 11 is 6.11. The van der Waals surface area contributed by atoms with Gasteiger partial charge < -0.3 is 10.2 Å². The van der Waals surface area contributed by atoms with Gasteiger partial charge in [0.15, 0.2) is 0 Å². The summed E-state index contributed by atoms with van der Waals surface area (Å²) in [6.07, 6.45) is 6.82. The quantitative estimate of drug-likeness (QED) is 0.889. The van der Waals surface area contributed by atoms with Crippen LogP contribution in [0.1, 0.15) is 24.0 Å². The number of nitrogens with zero attached hydrogens (tertiary/aromatic N) is 2. The molecule has 0 radical (unpaired) electrons. The number of carbonyl (C=O) groups excluding carboxylic acids is 1. The molecule has 0 atom stereocenters. The van der Waals surface area contributed by atoms with Gasteiger partial charge in [-0.25, -0.2) is 4.79 Å². The van der Waals surface area contributed by atoms with Crippen LogP contribution < -0.4 is 5.32 Å². The highest BCUT2D eigenvalue weighted by Gasteiger charge is 2.23. The second-order valence-electron chi connectivity index (χ2n) is 6.39. The highest BCUT2D eigenvalue weighted by Crippen LogP contribution is 2.23. The van der Waals surface area contributed by atoms with E-state index in [0.29, 0.717) is 10.9 Å². The first-order valence-electron chi connectivity index (χ1n) is 8.33. The monoisotopic (exact) mass is 343 g/mol. The molecule has 1 fully saturated rings. The summed E-state index contributed by atoms with van der Waals surface area (Å²) < 4.78 is 0. The molecular weight excluding hydrogens is 322 g/mol. The summed E-state index contributed by atoms with van der Waals surface area (Å²) in [7, 11) is 0. The van der Waals surface area contributed by atoms with Crippen molar-refractivity contribution in [1.29, 1.82) is 0 Å². The molecule has 1 N–H and O–H groups in total. The molecule has 0 aliphatic carbocycles. The van der Waals surface area contributed by atoms with E-state index < -0.39 is 0 Å². The topological polar surface area (TPSA) is 45.2 Å². The summed E-state index contributed by atoms with van der Waals surface area (Å²) in [5, 5.41) is 3.61. The van der Waals surface area contributed by atoms with Gasteiger partial charge in [0.1, 0.15) is 0 Å². The number of aryl methyl sites for hydroxylation is 1. The molecule has 0 bridgehead atoms. The predicted octanol–water partition coefficient (Wildman–Crippen LogP) is 4.53. The maximum atomic E-state index is 12.4. The van der Waals surface area contributed by atoms with E-state index in [4.69, 9.17) is 11.6 Å². The molecule has 1 aliphatic rings. The normalized spacial score (nSPS) is 15.3. The van der Waals surface area contributed by atoms with E-state index in [2.05, 4.69) is 16.4 Å². The standard InChI is InChI=1S/C19H22ClN3O/c1-14-4-5-17(12-18(14)20)22-19(24)23-9-6-15(7-10-23)11-16-3-2-8-21-13-16/h2-5,8,12-13,15H,6-7,9-11H2,1H3,(H,22,24). The molecule has 126 valence electrons. The summed E-state index contributed by atoms with van der Waals surface area (Å²) in [4.78, 5) is 18.4. The van der Waals surface area contributed by atoms with Gasteiger partial charge in [0.25, 0.3) is 0 Å². The van der Waals surface area contributed by atoms with E-state index in [1.165, 1.54) is 5.56 Å². The maximum absolute atomic E-state index is 12.4. The molecule has 3 rings (SSSR count). The molecule has 1 saturated heterocycles. The van der Waals surface area contributed by atoms with Crippen molar-refractivity contribution in [3.63, 3.8) is 0 Å². The van der Waals surface area contributed by atoms with Crippen molar-refractivity contribution < 1.29 is 4.79 Å². The maximum Gasteiger partial charge on any atom is 0.321 e. The van der Waals surface area contributed by atoms with Gasteiger partial charge in [0.2, 0.25) is 0 Å². The van der Waals surface area contributed by atoms with Gasteiger partial charge in [0, 0.05) is 36.2 Å². The van der Waals surface area contributed by atoms with Crippen molar-refractivity contribution in [2.75, 3.05) is 18.4 Å². The SMILES string of the molecule is Cc1ccc(NC(=O)N2CCC(Cc3cccnc3)CC2)cc1Cl. The highest BCUT2D eigenvalue weighted by atomic mass is 35.5. The number of carbonyl (C=O) groups is 1. The Labute approximate surface area is 147 Å². The Kier molecular flexibility index (Phi) is 5.36. The number of amides is 2. The molecule has 2 aromatic rings. The number of likely N-dealkylation sites (tertiary alicyclic amines) is 1. The lowest BCUT2D eigenvalue weighted by Crippen LogP contribution is -2.41. The lowest BCUT2D eigenvalue weighted by atomic mass is 9.91. The molecule has 1 aromatic heterocycles. The van der Waals surface area contributed by atoms with Gasteiger partial charge in [0.05, 0.1) is 0 Å². The molecule has 24 heavy (non-hydrogen) atoms. The Balaban J connectivity index is 1.50. The van der Waals surface area contributed by atoms with Crippen molar-refractivity contribution in [2.24, 2.45) is 5.92 Å². The lowest BCUT2D eigenvalue weighted by molar-refractivity contribution is 0.182. The minimum absolute atomic E-state index is 0.0465. The van der Waals surface area contributed by atoms with Crippen LogP contribution >= 0.6 is 11.6 Å². The Morgan fingerprint density at radius 3 is 2.79 bits per heavy atom. The van der Waals surface area contributed by atoms with Gasteiger partial charge in [-0.3, -0.25) is 4.98 Å². The third-order valence-electron chi connectivity index (χ3n) is 4.57. The summed E-state index contributed by atoms with van der Waals surface area (Å²) in [5.41, 5.74) is 3.02. The third kappa shape index (κ3) is 4.26.